The fraction of sp³-hybridized carbons (Fsp3) is 0.294. The number of nitrogens with zero attached hydrogens (tertiary/aromatic N) is 2. The molecule has 1 amide bonds. The number of benzene rings is 1. The number of hydrogen-bond acceptors (Lipinski definition) is 3. The lowest BCUT2D eigenvalue weighted by atomic mass is 10.0. The van der Waals surface area contributed by atoms with Crippen LogP contribution in [-0.4, -0.2) is 26.8 Å². The van der Waals surface area contributed by atoms with Gasteiger partial charge >= 0.3 is 0 Å². The van der Waals surface area contributed by atoms with Crippen molar-refractivity contribution in [1.29, 1.82) is 0 Å². The highest BCUT2D eigenvalue weighted by Crippen LogP contribution is 2.19. The second-order valence-corrected chi connectivity index (χ2v) is 5.56. The van der Waals surface area contributed by atoms with Crippen LogP contribution in [-0.2, 0) is 11.8 Å². The van der Waals surface area contributed by atoms with E-state index in [0.717, 1.165) is 23.4 Å². The van der Waals surface area contributed by atoms with E-state index in [1.807, 2.05) is 6.92 Å². The first-order valence-corrected chi connectivity index (χ1v) is 7.39. The predicted octanol–water partition coefficient (Wildman–Crippen LogP) is 2.26. The average molecular weight is 335 g/mol. The number of aliphatic hydroxyl groups is 1. The summed E-state index contributed by atoms with van der Waals surface area (Å²) >= 11 is 0. The molecule has 128 valence electrons. The number of rotatable bonds is 5. The molecule has 24 heavy (non-hydrogen) atoms. The van der Waals surface area contributed by atoms with E-state index in [9.17, 15) is 18.7 Å². The van der Waals surface area contributed by atoms with Gasteiger partial charge in [0.25, 0.3) is 0 Å². The first kappa shape index (κ1) is 17.8. The summed E-state index contributed by atoms with van der Waals surface area (Å²) in [5.74, 6) is -2.44. The Morgan fingerprint density at radius 3 is 2.67 bits per heavy atom. The van der Waals surface area contributed by atoms with Gasteiger partial charge in [-0.25, -0.2) is 8.78 Å². The van der Waals surface area contributed by atoms with E-state index in [-0.39, 0.29) is 5.56 Å². The molecule has 0 aliphatic carbocycles. The molecular weight excluding hydrogens is 316 g/mol. The molecule has 0 aliphatic heterocycles. The summed E-state index contributed by atoms with van der Waals surface area (Å²) in [6.45, 7) is 3.45. The van der Waals surface area contributed by atoms with Crippen molar-refractivity contribution in [2.24, 2.45) is 7.05 Å². The van der Waals surface area contributed by atoms with E-state index >= 15 is 0 Å². The van der Waals surface area contributed by atoms with Gasteiger partial charge in [0.15, 0.2) is 11.6 Å². The van der Waals surface area contributed by atoms with Crippen molar-refractivity contribution >= 4 is 12.0 Å². The summed E-state index contributed by atoms with van der Waals surface area (Å²) in [4.78, 5) is 11.9. The first-order chi connectivity index (χ1) is 11.3. The number of nitrogens with one attached hydrogen (secondary N) is 1. The fourth-order valence-electron chi connectivity index (χ4n) is 2.18. The second kappa shape index (κ2) is 7.35. The van der Waals surface area contributed by atoms with Gasteiger partial charge in [-0.05, 0) is 37.6 Å². The third-order valence-electron chi connectivity index (χ3n) is 3.82. The maximum atomic E-state index is 13.2. The summed E-state index contributed by atoms with van der Waals surface area (Å²) in [7, 11) is 1.80. The van der Waals surface area contributed by atoms with Crippen molar-refractivity contribution in [3.05, 3.63) is 58.9 Å². The highest BCUT2D eigenvalue weighted by molar-refractivity contribution is 5.92. The van der Waals surface area contributed by atoms with Gasteiger partial charge in [-0.3, -0.25) is 9.48 Å². The van der Waals surface area contributed by atoms with Crippen LogP contribution in [0.1, 0.15) is 29.8 Å². The molecule has 2 N–H and O–H groups in total. The van der Waals surface area contributed by atoms with Gasteiger partial charge in [0.1, 0.15) is 0 Å². The minimum Gasteiger partial charge on any atom is -0.386 e. The molecule has 1 heterocycles. The Bertz CT molecular complexity index is 771. The number of aromatic nitrogens is 2. The van der Waals surface area contributed by atoms with E-state index in [1.54, 1.807) is 30.9 Å². The van der Waals surface area contributed by atoms with Gasteiger partial charge in [-0.2, -0.15) is 5.10 Å². The quantitative estimate of drug-likeness (QED) is 0.824. The topological polar surface area (TPSA) is 67.2 Å². The molecule has 0 spiro atoms. The SMILES string of the molecule is Cc1c(/C=C/C(=O)NC(C)C(O)c2ccc(F)c(F)c2)cnn1C. The number of halogens is 2. The molecule has 0 fully saturated rings. The lowest BCUT2D eigenvalue weighted by molar-refractivity contribution is -0.117. The first-order valence-electron chi connectivity index (χ1n) is 7.39. The van der Waals surface area contributed by atoms with Crippen LogP contribution in [0, 0.1) is 18.6 Å². The van der Waals surface area contributed by atoms with Crippen LogP contribution in [0.5, 0.6) is 0 Å². The third kappa shape index (κ3) is 4.05. The number of amides is 1. The Kier molecular flexibility index (Phi) is 5.46. The molecule has 7 heteroatoms. The zero-order chi connectivity index (χ0) is 17.9. The Morgan fingerprint density at radius 1 is 1.38 bits per heavy atom. The number of hydrogen-bond donors (Lipinski definition) is 2. The summed E-state index contributed by atoms with van der Waals surface area (Å²) in [5, 5.41) is 16.8. The number of aryl methyl sites for hydroxylation is 1. The molecular formula is C17H19F2N3O2. The number of aliphatic hydroxyl groups excluding tert-OH is 1. The van der Waals surface area contributed by atoms with Gasteiger partial charge in [0, 0.05) is 24.4 Å². The molecule has 1 aromatic carbocycles. The van der Waals surface area contributed by atoms with E-state index in [4.69, 9.17) is 0 Å². The largest absolute Gasteiger partial charge is 0.386 e. The summed E-state index contributed by atoms with van der Waals surface area (Å²) < 4.78 is 27.8. The smallest absolute Gasteiger partial charge is 0.244 e. The number of carbonyl (C=O) groups excluding carboxylic acids is 1. The van der Waals surface area contributed by atoms with E-state index in [1.165, 1.54) is 12.1 Å². The maximum Gasteiger partial charge on any atom is 0.244 e. The molecule has 0 saturated heterocycles. The molecule has 0 saturated carbocycles. The van der Waals surface area contributed by atoms with Crippen LogP contribution in [0.15, 0.2) is 30.5 Å². The van der Waals surface area contributed by atoms with Crippen molar-refractivity contribution in [1.82, 2.24) is 15.1 Å². The molecule has 2 aromatic rings. The van der Waals surface area contributed by atoms with Crippen molar-refractivity contribution in [2.45, 2.75) is 26.0 Å². The van der Waals surface area contributed by atoms with Gasteiger partial charge in [0.2, 0.25) is 5.91 Å². The Morgan fingerprint density at radius 2 is 2.08 bits per heavy atom. The van der Waals surface area contributed by atoms with Crippen molar-refractivity contribution < 1.29 is 18.7 Å². The summed E-state index contributed by atoms with van der Waals surface area (Å²) in [6, 6.07) is 2.45. The maximum absolute atomic E-state index is 13.2. The van der Waals surface area contributed by atoms with Crippen LogP contribution in [0.25, 0.3) is 6.08 Å². The van der Waals surface area contributed by atoms with E-state index in [0.29, 0.717) is 0 Å². The monoisotopic (exact) mass is 335 g/mol. The normalized spacial score (nSPS) is 13.9. The fourth-order valence-corrected chi connectivity index (χ4v) is 2.18. The molecule has 2 atom stereocenters. The van der Waals surface area contributed by atoms with Gasteiger partial charge in [-0.1, -0.05) is 6.07 Å². The zero-order valence-electron chi connectivity index (χ0n) is 13.6. The van der Waals surface area contributed by atoms with Crippen LogP contribution >= 0.6 is 0 Å². The lowest BCUT2D eigenvalue weighted by Crippen LogP contribution is -2.36. The van der Waals surface area contributed by atoms with Crippen LogP contribution in [0.2, 0.25) is 0 Å². The van der Waals surface area contributed by atoms with E-state index < -0.39 is 29.7 Å². The number of carbonyl (C=O) groups is 1. The third-order valence-corrected chi connectivity index (χ3v) is 3.82. The Hall–Kier alpha value is -2.54. The zero-order valence-corrected chi connectivity index (χ0v) is 13.6. The van der Waals surface area contributed by atoms with Gasteiger partial charge < -0.3 is 10.4 Å². The lowest BCUT2D eigenvalue weighted by Gasteiger charge is -2.20. The second-order valence-electron chi connectivity index (χ2n) is 5.56. The van der Waals surface area contributed by atoms with Crippen molar-refractivity contribution in [3.8, 4) is 0 Å². The minimum absolute atomic E-state index is 0.189. The van der Waals surface area contributed by atoms with Crippen molar-refractivity contribution in [2.75, 3.05) is 0 Å². The van der Waals surface area contributed by atoms with Crippen molar-refractivity contribution in [3.63, 3.8) is 0 Å². The molecule has 1 aromatic heterocycles. The van der Waals surface area contributed by atoms with E-state index in [2.05, 4.69) is 10.4 Å². The predicted molar refractivity (Wildman–Crippen MR) is 85.9 cm³/mol. The summed E-state index contributed by atoms with van der Waals surface area (Å²) in [5.41, 5.74) is 1.91. The summed E-state index contributed by atoms with van der Waals surface area (Å²) in [6.07, 6.45) is 3.43. The highest BCUT2D eigenvalue weighted by atomic mass is 19.2. The van der Waals surface area contributed by atoms with Crippen LogP contribution < -0.4 is 5.32 Å². The van der Waals surface area contributed by atoms with Gasteiger partial charge in [0.05, 0.1) is 18.3 Å². The molecule has 0 aliphatic rings. The Labute approximate surface area is 138 Å². The van der Waals surface area contributed by atoms with Gasteiger partial charge in [-0.15, -0.1) is 0 Å². The molecule has 2 rings (SSSR count). The average Bonchev–Trinajstić information content (AvgIpc) is 2.86. The minimum atomic E-state index is -1.16. The standard InChI is InChI=1S/C17H19F2N3O2/c1-10(17(24)12-4-6-14(18)15(19)8-12)21-16(23)7-5-13-9-20-22(3)11(13)2/h4-10,17,24H,1-3H3,(H,21,23)/b7-5+. The van der Waals surface area contributed by atoms with Crippen LogP contribution in [0.4, 0.5) is 8.78 Å². The Balaban J connectivity index is 2.00. The molecule has 2 unspecified atom stereocenters. The van der Waals surface area contributed by atoms with Crippen LogP contribution in [0.3, 0.4) is 0 Å². The molecule has 0 radical (unpaired) electrons. The molecule has 0 bridgehead atoms. The molecule has 5 nitrogen and oxygen atoms in total. The highest BCUT2D eigenvalue weighted by Gasteiger charge is 2.19.